The van der Waals surface area contributed by atoms with Gasteiger partial charge in [0, 0.05) is 44.7 Å². The Morgan fingerprint density at radius 1 is 1.25 bits per heavy atom. The first-order chi connectivity index (χ1) is 11.7. The third-order valence-electron chi connectivity index (χ3n) is 4.80. The molecule has 1 N–H and O–H groups in total. The molecule has 1 saturated heterocycles. The van der Waals surface area contributed by atoms with Crippen LogP contribution in [-0.2, 0) is 17.8 Å². The highest BCUT2D eigenvalue weighted by Gasteiger charge is 2.31. The summed E-state index contributed by atoms with van der Waals surface area (Å²) >= 11 is 0. The summed E-state index contributed by atoms with van der Waals surface area (Å²) in [4.78, 5) is 2.27. The number of aliphatic hydroxyl groups excluding tert-OH is 1. The van der Waals surface area contributed by atoms with Crippen molar-refractivity contribution in [2.75, 3.05) is 20.3 Å². The van der Waals surface area contributed by atoms with E-state index in [0.717, 1.165) is 25.1 Å². The van der Waals surface area contributed by atoms with Crippen LogP contribution in [0.1, 0.15) is 23.2 Å². The topological polar surface area (TPSA) is 61.4 Å². The molecule has 24 heavy (non-hydrogen) atoms. The van der Waals surface area contributed by atoms with Crippen LogP contribution >= 0.6 is 0 Å². The van der Waals surface area contributed by atoms with Gasteiger partial charge in [0.25, 0.3) is 0 Å². The Hall–Kier alpha value is -2.13. The van der Waals surface area contributed by atoms with Crippen LogP contribution in [0.25, 0.3) is 0 Å². The van der Waals surface area contributed by atoms with E-state index in [0.29, 0.717) is 12.1 Å². The van der Waals surface area contributed by atoms with Crippen molar-refractivity contribution in [2.45, 2.75) is 31.7 Å². The lowest BCUT2D eigenvalue weighted by atomic mass is 10.1. The van der Waals surface area contributed by atoms with Gasteiger partial charge in [-0.25, -0.2) is 0 Å². The lowest BCUT2D eigenvalue weighted by molar-refractivity contribution is 0.106. The number of hydrogen-bond donors (Lipinski definition) is 1. The Kier molecular flexibility index (Phi) is 5.31. The molecule has 1 aromatic carbocycles. The van der Waals surface area contributed by atoms with Crippen LogP contribution in [-0.4, -0.2) is 47.0 Å². The Labute approximate surface area is 142 Å². The molecule has 2 heterocycles. The van der Waals surface area contributed by atoms with Crippen molar-refractivity contribution in [3.63, 3.8) is 0 Å². The van der Waals surface area contributed by atoms with Gasteiger partial charge < -0.3 is 14.4 Å². The van der Waals surface area contributed by atoms with Gasteiger partial charge in [0.2, 0.25) is 0 Å². The number of methoxy groups -OCH3 is 1. The monoisotopic (exact) mass is 325 g/mol. The maximum absolute atomic E-state index is 9.61. The van der Waals surface area contributed by atoms with Crippen LogP contribution in [0.3, 0.4) is 0 Å². The number of nitriles is 1. The minimum absolute atomic E-state index is 0.143. The van der Waals surface area contributed by atoms with Crippen molar-refractivity contribution in [1.82, 2.24) is 9.47 Å². The molecule has 0 spiro atoms. The van der Waals surface area contributed by atoms with Crippen molar-refractivity contribution in [3.05, 3.63) is 59.4 Å². The molecule has 2 aromatic rings. The molecule has 1 fully saturated rings. The van der Waals surface area contributed by atoms with Gasteiger partial charge in [-0.2, -0.15) is 5.26 Å². The Bertz CT molecular complexity index is 719. The van der Waals surface area contributed by atoms with Gasteiger partial charge in [-0.05, 0) is 30.2 Å². The van der Waals surface area contributed by atoms with E-state index in [1.165, 1.54) is 5.69 Å². The molecule has 5 heteroatoms. The predicted molar refractivity (Wildman–Crippen MR) is 91.4 cm³/mol. The molecule has 126 valence electrons. The number of nitrogens with zero attached hydrogens (tertiary/aromatic N) is 3. The summed E-state index contributed by atoms with van der Waals surface area (Å²) in [5.74, 6) is 0. The second-order valence-corrected chi connectivity index (χ2v) is 6.26. The van der Waals surface area contributed by atoms with Crippen molar-refractivity contribution >= 4 is 0 Å². The van der Waals surface area contributed by atoms with Crippen LogP contribution in [0, 0.1) is 11.3 Å². The number of ether oxygens (including phenoxy) is 1. The lowest BCUT2D eigenvalue weighted by Gasteiger charge is -2.23. The molecular formula is C19H23N3O2. The summed E-state index contributed by atoms with van der Waals surface area (Å²) in [6, 6.07) is 14.2. The number of likely N-dealkylation sites (tertiary alicyclic amines) is 1. The average Bonchev–Trinajstić information content (AvgIpc) is 3.22. The van der Waals surface area contributed by atoms with Crippen LogP contribution in [0.2, 0.25) is 0 Å². The molecule has 1 aromatic heterocycles. The predicted octanol–water partition coefficient (Wildman–Crippen LogP) is 1.99. The highest BCUT2D eigenvalue weighted by atomic mass is 16.5. The average molecular weight is 325 g/mol. The molecule has 5 nitrogen and oxygen atoms in total. The summed E-state index contributed by atoms with van der Waals surface area (Å²) in [6.07, 6.45) is 3.09. The second kappa shape index (κ2) is 7.63. The summed E-state index contributed by atoms with van der Waals surface area (Å²) in [7, 11) is 1.73. The van der Waals surface area contributed by atoms with E-state index in [1.807, 2.05) is 36.5 Å². The van der Waals surface area contributed by atoms with Crippen molar-refractivity contribution in [3.8, 4) is 6.07 Å². The fourth-order valence-electron chi connectivity index (χ4n) is 3.40. The molecule has 0 amide bonds. The molecule has 0 aliphatic carbocycles. The largest absolute Gasteiger partial charge is 0.395 e. The van der Waals surface area contributed by atoms with E-state index in [4.69, 9.17) is 4.74 Å². The number of aliphatic hydroxyl groups is 1. The first-order valence-electron chi connectivity index (χ1n) is 8.25. The van der Waals surface area contributed by atoms with Crippen LogP contribution in [0.15, 0.2) is 42.6 Å². The van der Waals surface area contributed by atoms with Crippen molar-refractivity contribution in [2.24, 2.45) is 0 Å². The Morgan fingerprint density at radius 3 is 2.83 bits per heavy atom. The highest BCUT2D eigenvalue weighted by molar-refractivity contribution is 5.37. The maximum Gasteiger partial charge on any atom is 0.0995 e. The van der Waals surface area contributed by atoms with Gasteiger partial charge in [0.1, 0.15) is 0 Å². The molecule has 3 rings (SSSR count). The van der Waals surface area contributed by atoms with E-state index in [2.05, 4.69) is 21.6 Å². The molecular weight excluding hydrogens is 302 g/mol. The summed E-state index contributed by atoms with van der Waals surface area (Å²) in [5, 5.41) is 18.9. The normalized spacial score (nSPS) is 21.0. The third kappa shape index (κ3) is 3.51. The van der Waals surface area contributed by atoms with Gasteiger partial charge in [0.15, 0.2) is 0 Å². The van der Waals surface area contributed by atoms with Gasteiger partial charge in [0.05, 0.1) is 24.3 Å². The SMILES string of the molecule is CO[C@H]1C[C@@H](CO)N(Cc2cccn2Cc2ccccc2C#N)C1. The number of benzene rings is 1. The highest BCUT2D eigenvalue weighted by Crippen LogP contribution is 2.23. The molecule has 0 bridgehead atoms. The van der Waals surface area contributed by atoms with Crippen LogP contribution in [0.4, 0.5) is 0 Å². The molecule has 0 radical (unpaired) electrons. The van der Waals surface area contributed by atoms with Crippen LogP contribution < -0.4 is 0 Å². The molecule has 1 aliphatic heterocycles. The zero-order chi connectivity index (χ0) is 16.9. The molecule has 0 unspecified atom stereocenters. The number of aromatic nitrogens is 1. The first-order valence-corrected chi connectivity index (χ1v) is 8.25. The summed E-state index contributed by atoms with van der Waals surface area (Å²) in [6.45, 7) is 2.43. The first kappa shape index (κ1) is 16.7. The molecule has 1 aliphatic rings. The van der Waals surface area contributed by atoms with Gasteiger partial charge in [-0.15, -0.1) is 0 Å². The van der Waals surface area contributed by atoms with Gasteiger partial charge in [-0.1, -0.05) is 18.2 Å². The van der Waals surface area contributed by atoms with E-state index in [9.17, 15) is 10.4 Å². The summed E-state index contributed by atoms with van der Waals surface area (Å²) in [5.41, 5.74) is 2.91. The Morgan fingerprint density at radius 2 is 2.08 bits per heavy atom. The number of rotatable bonds is 6. The zero-order valence-corrected chi connectivity index (χ0v) is 13.9. The lowest BCUT2D eigenvalue weighted by Crippen LogP contribution is -2.32. The third-order valence-corrected chi connectivity index (χ3v) is 4.80. The maximum atomic E-state index is 9.61. The van der Waals surface area contributed by atoms with E-state index in [1.54, 1.807) is 7.11 Å². The minimum Gasteiger partial charge on any atom is -0.395 e. The van der Waals surface area contributed by atoms with Gasteiger partial charge in [-0.3, -0.25) is 4.90 Å². The molecule has 0 saturated carbocycles. The Balaban J connectivity index is 1.75. The molecule has 2 atom stereocenters. The minimum atomic E-state index is 0.143. The van der Waals surface area contributed by atoms with E-state index < -0.39 is 0 Å². The second-order valence-electron chi connectivity index (χ2n) is 6.26. The fraction of sp³-hybridized carbons (Fsp3) is 0.421. The van der Waals surface area contributed by atoms with Crippen molar-refractivity contribution in [1.29, 1.82) is 5.26 Å². The van der Waals surface area contributed by atoms with E-state index in [-0.39, 0.29) is 18.8 Å². The summed E-state index contributed by atoms with van der Waals surface area (Å²) < 4.78 is 7.62. The zero-order valence-electron chi connectivity index (χ0n) is 13.9. The standard InChI is InChI=1S/C19H23N3O2/c1-24-19-9-18(14-23)22(13-19)12-17-7-4-8-21(17)11-16-6-3-2-5-15(16)10-20/h2-8,18-19,23H,9,11-14H2,1H3/t18-,19-/m0/s1. The smallest absolute Gasteiger partial charge is 0.0995 e. The van der Waals surface area contributed by atoms with Crippen LogP contribution in [0.5, 0.6) is 0 Å². The fourth-order valence-corrected chi connectivity index (χ4v) is 3.40. The number of hydrogen-bond acceptors (Lipinski definition) is 4. The van der Waals surface area contributed by atoms with E-state index >= 15 is 0 Å². The van der Waals surface area contributed by atoms with Gasteiger partial charge >= 0.3 is 0 Å². The van der Waals surface area contributed by atoms with Crippen molar-refractivity contribution < 1.29 is 9.84 Å². The quantitative estimate of drug-likeness (QED) is 0.882.